The van der Waals surface area contributed by atoms with Crippen LogP contribution in [0.5, 0.6) is 0 Å². The molecule has 1 amide bonds. The van der Waals surface area contributed by atoms with Crippen molar-refractivity contribution < 1.29 is 22.4 Å². The monoisotopic (exact) mass is 421 g/mol. The van der Waals surface area contributed by atoms with Crippen molar-refractivity contribution in [1.29, 1.82) is 0 Å². The SMILES string of the molecule is CC1=CC(C(NC(=O)c2ccc(=O)[nH]c2)c2ncccc2F)C(C)C(C(F)(F)F)=C1. The molecule has 0 aliphatic heterocycles. The molecule has 0 fully saturated rings. The fraction of sp³-hybridized carbons (Fsp3) is 0.286. The van der Waals surface area contributed by atoms with Gasteiger partial charge >= 0.3 is 6.18 Å². The number of aromatic nitrogens is 2. The fourth-order valence-corrected chi connectivity index (χ4v) is 3.55. The molecule has 0 saturated heterocycles. The smallest absolute Gasteiger partial charge is 0.343 e. The maximum absolute atomic E-state index is 14.5. The van der Waals surface area contributed by atoms with Crippen LogP contribution in [0.2, 0.25) is 0 Å². The van der Waals surface area contributed by atoms with Crippen LogP contribution < -0.4 is 10.9 Å². The van der Waals surface area contributed by atoms with E-state index in [1.807, 2.05) is 0 Å². The topological polar surface area (TPSA) is 74.8 Å². The van der Waals surface area contributed by atoms with Gasteiger partial charge in [0.05, 0.1) is 17.3 Å². The molecular weight excluding hydrogens is 402 g/mol. The van der Waals surface area contributed by atoms with Crippen LogP contribution in [0.4, 0.5) is 17.6 Å². The summed E-state index contributed by atoms with van der Waals surface area (Å²) in [5, 5.41) is 2.60. The highest BCUT2D eigenvalue weighted by Crippen LogP contribution is 2.43. The molecule has 1 aliphatic carbocycles. The van der Waals surface area contributed by atoms with Gasteiger partial charge in [0, 0.05) is 30.0 Å². The van der Waals surface area contributed by atoms with Crippen LogP contribution in [-0.2, 0) is 0 Å². The number of halogens is 4. The Labute approximate surface area is 169 Å². The van der Waals surface area contributed by atoms with Gasteiger partial charge in [-0.2, -0.15) is 13.2 Å². The molecule has 9 heteroatoms. The number of hydrogen-bond donors (Lipinski definition) is 2. The molecule has 1 aliphatic rings. The first-order valence-electron chi connectivity index (χ1n) is 9.15. The van der Waals surface area contributed by atoms with E-state index in [1.54, 1.807) is 6.08 Å². The van der Waals surface area contributed by atoms with E-state index in [2.05, 4.69) is 15.3 Å². The molecule has 3 atom stereocenters. The highest BCUT2D eigenvalue weighted by molar-refractivity contribution is 5.94. The maximum Gasteiger partial charge on any atom is 0.412 e. The van der Waals surface area contributed by atoms with Crippen LogP contribution in [-0.4, -0.2) is 22.1 Å². The number of nitrogens with zero attached hydrogens (tertiary/aromatic N) is 1. The molecule has 0 radical (unpaired) electrons. The first kappa shape index (κ1) is 21.5. The fourth-order valence-electron chi connectivity index (χ4n) is 3.55. The van der Waals surface area contributed by atoms with Crippen LogP contribution in [0, 0.1) is 17.7 Å². The van der Waals surface area contributed by atoms with Crippen LogP contribution >= 0.6 is 0 Å². The lowest BCUT2D eigenvalue weighted by molar-refractivity contribution is -0.101. The van der Waals surface area contributed by atoms with Crippen molar-refractivity contribution >= 4 is 5.91 Å². The minimum atomic E-state index is -4.57. The summed E-state index contributed by atoms with van der Waals surface area (Å²) in [5.74, 6) is -3.38. The summed E-state index contributed by atoms with van der Waals surface area (Å²) < 4.78 is 55.2. The predicted octanol–water partition coefficient (Wildman–Crippen LogP) is 4.08. The van der Waals surface area contributed by atoms with Gasteiger partial charge in [-0.15, -0.1) is 0 Å². The molecular formula is C21H19F4N3O2. The van der Waals surface area contributed by atoms with E-state index < -0.39 is 46.9 Å². The standard InChI is InChI=1S/C21H19F4N3O2/c1-11-8-14(12(2)15(9-11)21(23,24)25)18(19-16(22)4-3-7-26-19)28-20(30)13-5-6-17(29)27-10-13/h3-10,12,14,18H,1-2H3,(H,27,29)(H,28,30). The summed E-state index contributed by atoms with van der Waals surface area (Å²) in [5.41, 5.74) is -0.915. The quantitative estimate of drug-likeness (QED) is 0.731. The zero-order valence-electron chi connectivity index (χ0n) is 16.1. The summed E-state index contributed by atoms with van der Waals surface area (Å²) in [6.07, 6.45) is 0.546. The second-order valence-electron chi connectivity index (χ2n) is 7.14. The van der Waals surface area contributed by atoms with Gasteiger partial charge in [-0.3, -0.25) is 14.6 Å². The van der Waals surface area contributed by atoms with Gasteiger partial charge in [-0.25, -0.2) is 4.39 Å². The van der Waals surface area contributed by atoms with Crippen LogP contribution in [0.25, 0.3) is 0 Å². The van der Waals surface area contributed by atoms with Gasteiger partial charge in [0.2, 0.25) is 5.56 Å². The zero-order valence-corrected chi connectivity index (χ0v) is 16.1. The third-order valence-corrected chi connectivity index (χ3v) is 5.03. The van der Waals surface area contributed by atoms with Crippen molar-refractivity contribution in [1.82, 2.24) is 15.3 Å². The van der Waals surface area contributed by atoms with Crippen LogP contribution in [0.1, 0.15) is 35.9 Å². The largest absolute Gasteiger partial charge is 0.412 e. The average Bonchev–Trinajstić information content (AvgIpc) is 2.68. The van der Waals surface area contributed by atoms with Crippen molar-refractivity contribution in [2.45, 2.75) is 26.1 Å². The highest BCUT2D eigenvalue weighted by atomic mass is 19.4. The summed E-state index contributed by atoms with van der Waals surface area (Å²) >= 11 is 0. The number of rotatable bonds is 4. The number of carbonyl (C=O) groups is 1. The van der Waals surface area contributed by atoms with Crippen LogP contribution in [0.3, 0.4) is 0 Å². The second-order valence-corrected chi connectivity index (χ2v) is 7.14. The highest BCUT2D eigenvalue weighted by Gasteiger charge is 2.44. The molecule has 2 aromatic rings. The van der Waals surface area contributed by atoms with Gasteiger partial charge in [0.15, 0.2) is 0 Å². The third kappa shape index (κ3) is 4.50. The molecule has 5 nitrogen and oxygen atoms in total. The number of nitrogens with one attached hydrogen (secondary N) is 2. The summed E-state index contributed by atoms with van der Waals surface area (Å²) in [7, 11) is 0. The minimum Gasteiger partial charge on any atom is -0.343 e. The van der Waals surface area contributed by atoms with Gasteiger partial charge < -0.3 is 10.3 Å². The number of pyridine rings is 2. The Balaban J connectivity index is 2.03. The number of amides is 1. The zero-order chi connectivity index (χ0) is 22.1. The summed E-state index contributed by atoms with van der Waals surface area (Å²) in [6, 6.07) is 3.73. The molecule has 2 aromatic heterocycles. The van der Waals surface area contributed by atoms with E-state index in [0.717, 1.165) is 18.2 Å². The molecule has 0 aromatic carbocycles. The molecule has 158 valence electrons. The van der Waals surface area contributed by atoms with Crippen molar-refractivity contribution in [2.75, 3.05) is 0 Å². The van der Waals surface area contributed by atoms with E-state index in [-0.39, 0.29) is 11.3 Å². The first-order valence-corrected chi connectivity index (χ1v) is 9.15. The average molecular weight is 421 g/mol. The number of hydrogen-bond acceptors (Lipinski definition) is 3. The molecule has 3 unspecified atom stereocenters. The van der Waals surface area contributed by atoms with E-state index in [9.17, 15) is 27.2 Å². The summed E-state index contributed by atoms with van der Waals surface area (Å²) in [4.78, 5) is 30.3. The number of carbonyl (C=O) groups excluding carboxylic acids is 1. The Bertz CT molecular complexity index is 1050. The lowest BCUT2D eigenvalue weighted by Gasteiger charge is -2.35. The molecule has 0 bridgehead atoms. The molecule has 2 heterocycles. The lowest BCUT2D eigenvalue weighted by atomic mass is 9.76. The molecule has 0 saturated carbocycles. The summed E-state index contributed by atoms with van der Waals surface area (Å²) in [6.45, 7) is 2.90. The molecule has 2 N–H and O–H groups in total. The second kappa shape index (κ2) is 8.25. The van der Waals surface area contributed by atoms with Crippen molar-refractivity contribution in [3.63, 3.8) is 0 Å². The Morgan fingerprint density at radius 1 is 1.27 bits per heavy atom. The van der Waals surface area contributed by atoms with Gasteiger partial charge in [-0.1, -0.05) is 24.6 Å². The van der Waals surface area contributed by atoms with E-state index in [4.69, 9.17) is 0 Å². The van der Waals surface area contributed by atoms with Crippen molar-refractivity contribution in [2.24, 2.45) is 11.8 Å². The Morgan fingerprint density at radius 3 is 2.60 bits per heavy atom. The number of alkyl halides is 3. The first-order chi connectivity index (χ1) is 14.1. The van der Waals surface area contributed by atoms with Crippen molar-refractivity contribution in [3.05, 3.63) is 87.4 Å². The Kier molecular flexibility index (Phi) is 5.91. The van der Waals surface area contributed by atoms with Crippen LogP contribution in [0.15, 0.2) is 64.8 Å². The van der Waals surface area contributed by atoms with E-state index >= 15 is 0 Å². The number of aromatic amines is 1. The van der Waals surface area contributed by atoms with E-state index in [0.29, 0.717) is 5.57 Å². The Hall–Kier alpha value is -3.23. The van der Waals surface area contributed by atoms with E-state index in [1.165, 1.54) is 38.4 Å². The van der Waals surface area contributed by atoms with Crippen molar-refractivity contribution in [3.8, 4) is 0 Å². The molecule has 0 spiro atoms. The number of allylic oxidation sites excluding steroid dienone is 3. The lowest BCUT2D eigenvalue weighted by Crippen LogP contribution is -2.39. The maximum atomic E-state index is 14.5. The molecule has 30 heavy (non-hydrogen) atoms. The Morgan fingerprint density at radius 2 is 2.00 bits per heavy atom. The van der Waals surface area contributed by atoms with Gasteiger partial charge in [-0.05, 0) is 31.0 Å². The normalized spacial score (nSPS) is 20.2. The third-order valence-electron chi connectivity index (χ3n) is 5.03. The molecule has 3 rings (SSSR count). The van der Waals surface area contributed by atoms with Gasteiger partial charge in [0.1, 0.15) is 5.82 Å². The predicted molar refractivity (Wildman–Crippen MR) is 102 cm³/mol. The minimum absolute atomic E-state index is 0.0756. The van der Waals surface area contributed by atoms with Gasteiger partial charge in [0.25, 0.3) is 5.91 Å². The number of H-pyrrole nitrogens is 1.